The predicted octanol–water partition coefficient (Wildman–Crippen LogP) is 3.09. The fourth-order valence-corrected chi connectivity index (χ4v) is 2.41. The maximum absolute atomic E-state index is 12.3. The SMILES string of the molecule is CCOc1cccc2cc(C(=O)/C=C/c3ccc(C(=O)[O-])cc3)oc12. The van der Waals surface area contributed by atoms with Crippen LogP contribution in [0.15, 0.2) is 59.0 Å². The fraction of sp³-hybridized carbons (Fsp3) is 0.100. The molecule has 0 atom stereocenters. The molecule has 1 aromatic heterocycles. The van der Waals surface area contributed by atoms with E-state index in [1.54, 1.807) is 30.3 Å². The van der Waals surface area contributed by atoms with Crippen LogP contribution >= 0.6 is 0 Å². The second kappa shape index (κ2) is 7.05. The van der Waals surface area contributed by atoms with E-state index in [1.807, 2.05) is 19.1 Å². The molecule has 0 aliphatic rings. The molecule has 3 aromatic rings. The average Bonchev–Trinajstić information content (AvgIpc) is 3.05. The number of fused-ring (bicyclic) bond motifs is 1. The van der Waals surface area contributed by atoms with Crippen molar-refractivity contribution < 1.29 is 23.8 Å². The van der Waals surface area contributed by atoms with Gasteiger partial charge in [0.15, 0.2) is 17.1 Å². The molecule has 0 fully saturated rings. The van der Waals surface area contributed by atoms with E-state index in [9.17, 15) is 14.7 Å². The first kappa shape index (κ1) is 16.5. The topological polar surface area (TPSA) is 79.6 Å². The number of furan rings is 1. The van der Waals surface area contributed by atoms with Crippen molar-refractivity contribution in [3.05, 3.63) is 71.5 Å². The molecule has 0 bridgehead atoms. The molecule has 5 nitrogen and oxygen atoms in total. The molecule has 0 N–H and O–H groups in total. The van der Waals surface area contributed by atoms with Crippen LogP contribution in [-0.4, -0.2) is 18.4 Å². The molecule has 3 rings (SSSR count). The summed E-state index contributed by atoms with van der Waals surface area (Å²) in [7, 11) is 0. The van der Waals surface area contributed by atoms with Crippen molar-refractivity contribution in [1.82, 2.24) is 0 Å². The number of para-hydroxylation sites is 1. The van der Waals surface area contributed by atoms with Gasteiger partial charge < -0.3 is 19.1 Å². The number of benzene rings is 2. The van der Waals surface area contributed by atoms with E-state index >= 15 is 0 Å². The van der Waals surface area contributed by atoms with Gasteiger partial charge in [0.1, 0.15) is 0 Å². The van der Waals surface area contributed by atoms with Gasteiger partial charge >= 0.3 is 0 Å². The summed E-state index contributed by atoms with van der Waals surface area (Å²) in [5.41, 5.74) is 1.33. The second-order valence-electron chi connectivity index (χ2n) is 5.33. The summed E-state index contributed by atoms with van der Waals surface area (Å²) in [6.07, 6.45) is 2.98. The molecule has 126 valence electrons. The largest absolute Gasteiger partial charge is 0.545 e. The molecular formula is C20H15O5-. The van der Waals surface area contributed by atoms with Crippen LogP contribution in [0.5, 0.6) is 5.75 Å². The molecule has 5 heteroatoms. The summed E-state index contributed by atoms with van der Waals surface area (Å²) in [5.74, 6) is -0.715. The highest BCUT2D eigenvalue weighted by Crippen LogP contribution is 2.29. The zero-order valence-corrected chi connectivity index (χ0v) is 13.5. The van der Waals surface area contributed by atoms with Crippen molar-refractivity contribution in [2.75, 3.05) is 6.61 Å². The fourth-order valence-electron chi connectivity index (χ4n) is 2.41. The van der Waals surface area contributed by atoms with Gasteiger partial charge in [0.05, 0.1) is 12.6 Å². The van der Waals surface area contributed by atoms with Crippen molar-refractivity contribution in [3.63, 3.8) is 0 Å². The van der Waals surface area contributed by atoms with Crippen LogP contribution in [0.4, 0.5) is 0 Å². The normalized spacial score (nSPS) is 11.1. The summed E-state index contributed by atoms with van der Waals surface area (Å²) < 4.78 is 11.1. The van der Waals surface area contributed by atoms with Gasteiger partial charge in [-0.1, -0.05) is 42.5 Å². The van der Waals surface area contributed by atoms with Gasteiger partial charge in [-0.2, -0.15) is 0 Å². The molecule has 0 spiro atoms. The van der Waals surface area contributed by atoms with Gasteiger partial charge in [-0.05, 0) is 36.3 Å². The number of carboxylic acids is 1. The molecule has 0 radical (unpaired) electrons. The lowest BCUT2D eigenvalue weighted by Crippen LogP contribution is -2.21. The lowest BCUT2D eigenvalue weighted by atomic mass is 10.1. The van der Waals surface area contributed by atoms with Gasteiger partial charge in [-0.25, -0.2) is 0 Å². The highest BCUT2D eigenvalue weighted by Gasteiger charge is 2.13. The Morgan fingerprint density at radius 3 is 2.60 bits per heavy atom. The van der Waals surface area contributed by atoms with Crippen molar-refractivity contribution in [2.24, 2.45) is 0 Å². The number of hydrogen-bond donors (Lipinski definition) is 0. The first-order chi connectivity index (χ1) is 12.1. The highest BCUT2D eigenvalue weighted by molar-refractivity contribution is 6.07. The minimum Gasteiger partial charge on any atom is -0.545 e. The summed E-state index contributed by atoms with van der Waals surface area (Å²) >= 11 is 0. The van der Waals surface area contributed by atoms with Crippen LogP contribution in [0.25, 0.3) is 17.0 Å². The van der Waals surface area contributed by atoms with Crippen molar-refractivity contribution in [2.45, 2.75) is 6.92 Å². The maximum Gasteiger partial charge on any atom is 0.221 e. The number of carboxylic acid groups (broad SMARTS) is 1. The first-order valence-electron chi connectivity index (χ1n) is 7.77. The molecule has 0 aliphatic carbocycles. The Bertz CT molecular complexity index is 948. The highest BCUT2D eigenvalue weighted by atomic mass is 16.5. The van der Waals surface area contributed by atoms with E-state index < -0.39 is 5.97 Å². The number of rotatable bonds is 6. The van der Waals surface area contributed by atoms with Crippen LogP contribution in [0, 0.1) is 0 Å². The number of ether oxygens (including phenoxy) is 1. The first-order valence-corrected chi connectivity index (χ1v) is 7.77. The van der Waals surface area contributed by atoms with E-state index in [4.69, 9.17) is 9.15 Å². The van der Waals surface area contributed by atoms with Crippen LogP contribution in [0.3, 0.4) is 0 Å². The summed E-state index contributed by atoms with van der Waals surface area (Å²) in [6, 6.07) is 13.2. The van der Waals surface area contributed by atoms with Crippen molar-refractivity contribution >= 4 is 28.8 Å². The van der Waals surface area contributed by atoms with Crippen LogP contribution in [-0.2, 0) is 0 Å². The number of aromatic carboxylic acids is 1. The molecule has 25 heavy (non-hydrogen) atoms. The second-order valence-corrected chi connectivity index (χ2v) is 5.33. The average molecular weight is 335 g/mol. The molecular weight excluding hydrogens is 320 g/mol. The van der Waals surface area contributed by atoms with Crippen LogP contribution in [0.1, 0.15) is 33.4 Å². The van der Waals surface area contributed by atoms with Crippen LogP contribution < -0.4 is 9.84 Å². The standard InChI is InChI=1S/C20H16O5/c1-2-24-17-5-3-4-15-12-18(25-19(15)17)16(21)11-8-13-6-9-14(10-7-13)20(22)23/h3-12H,2H2,1H3,(H,22,23)/p-1/b11-8+. The van der Waals surface area contributed by atoms with Gasteiger partial charge in [0, 0.05) is 5.39 Å². The number of hydrogen-bond acceptors (Lipinski definition) is 5. The molecule has 0 saturated carbocycles. The smallest absolute Gasteiger partial charge is 0.221 e. The molecule has 0 amide bonds. The zero-order valence-electron chi connectivity index (χ0n) is 13.5. The molecule has 0 aliphatic heterocycles. The lowest BCUT2D eigenvalue weighted by Gasteiger charge is -2.02. The molecule has 0 unspecified atom stereocenters. The zero-order chi connectivity index (χ0) is 17.8. The molecule has 0 saturated heterocycles. The summed E-state index contributed by atoms with van der Waals surface area (Å²) in [4.78, 5) is 23.0. The van der Waals surface area contributed by atoms with Gasteiger partial charge in [0.25, 0.3) is 0 Å². The Morgan fingerprint density at radius 1 is 1.16 bits per heavy atom. The lowest BCUT2D eigenvalue weighted by molar-refractivity contribution is -0.255. The predicted molar refractivity (Wildman–Crippen MR) is 91.5 cm³/mol. The molecule has 2 aromatic carbocycles. The third-order valence-corrected chi connectivity index (χ3v) is 3.62. The number of ketones is 1. The Morgan fingerprint density at radius 2 is 1.92 bits per heavy atom. The van der Waals surface area contributed by atoms with E-state index in [0.717, 1.165) is 5.39 Å². The van der Waals surface area contributed by atoms with Crippen molar-refractivity contribution in [1.29, 1.82) is 0 Å². The maximum atomic E-state index is 12.3. The summed E-state index contributed by atoms with van der Waals surface area (Å²) in [5, 5.41) is 11.5. The Kier molecular flexibility index (Phi) is 4.66. The van der Waals surface area contributed by atoms with E-state index in [0.29, 0.717) is 23.5 Å². The minimum atomic E-state index is -1.24. The summed E-state index contributed by atoms with van der Waals surface area (Å²) in [6.45, 7) is 2.38. The number of carbonyl (C=O) groups is 2. The van der Waals surface area contributed by atoms with Gasteiger partial charge in [-0.3, -0.25) is 4.79 Å². The number of allylic oxidation sites excluding steroid dienone is 1. The quantitative estimate of drug-likeness (QED) is 0.511. The Hall–Kier alpha value is -3.34. The Balaban J connectivity index is 1.82. The van der Waals surface area contributed by atoms with E-state index in [2.05, 4.69) is 0 Å². The van der Waals surface area contributed by atoms with Crippen LogP contribution in [0.2, 0.25) is 0 Å². The van der Waals surface area contributed by atoms with Gasteiger partial charge in [0.2, 0.25) is 5.78 Å². The van der Waals surface area contributed by atoms with E-state index in [-0.39, 0.29) is 17.1 Å². The third-order valence-electron chi connectivity index (χ3n) is 3.62. The monoisotopic (exact) mass is 335 g/mol. The minimum absolute atomic E-state index is 0.0872. The number of carbonyl (C=O) groups excluding carboxylic acids is 2. The van der Waals surface area contributed by atoms with Crippen molar-refractivity contribution in [3.8, 4) is 5.75 Å². The third kappa shape index (κ3) is 3.61. The van der Waals surface area contributed by atoms with E-state index in [1.165, 1.54) is 18.2 Å². The molecule has 1 heterocycles. The van der Waals surface area contributed by atoms with Gasteiger partial charge in [-0.15, -0.1) is 0 Å². The Labute approximate surface area is 144 Å².